The molecule has 84 valence electrons. The van der Waals surface area contributed by atoms with Crippen molar-refractivity contribution in [3.63, 3.8) is 0 Å². The van der Waals surface area contributed by atoms with Gasteiger partial charge in [0.15, 0.2) is 5.82 Å². The molecule has 16 heavy (non-hydrogen) atoms. The third-order valence-electron chi connectivity index (χ3n) is 2.15. The summed E-state index contributed by atoms with van der Waals surface area (Å²) in [7, 11) is 0. The van der Waals surface area contributed by atoms with Gasteiger partial charge in [-0.15, -0.1) is 5.10 Å². The van der Waals surface area contributed by atoms with E-state index in [0.717, 1.165) is 28.1 Å². The molecule has 2 rings (SSSR count). The summed E-state index contributed by atoms with van der Waals surface area (Å²) in [6.07, 6.45) is 5.19. The van der Waals surface area contributed by atoms with Gasteiger partial charge in [-0.05, 0) is 22.6 Å². The van der Waals surface area contributed by atoms with Gasteiger partial charge in [-0.25, -0.2) is 15.0 Å². The summed E-state index contributed by atoms with van der Waals surface area (Å²) in [4.78, 5) is 12.9. The minimum atomic E-state index is 0.587. The molecule has 6 heteroatoms. The molecule has 0 amide bonds. The van der Waals surface area contributed by atoms with Crippen LogP contribution in [-0.4, -0.2) is 24.7 Å². The van der Waals surface area contributed by atoms with E-state index in [1.807, 2.05) is 13.8 Å². The standard InChI is InChI=1S/C10H12IN5/c1-3-8-14-9(4-2)16(15-8)10-12-5-7(11)6-13-10/h5-6H,3-4H2,1-2H3. The molecule has 2 aromatic heterocycles. The number of nitrogens with zero attached hydrogens (tertiary/aromatic N) is 5. The molecule has 0 saturated heterocycles. The second-order valence-corrected chi connectivity index (χ2v) is 4.51. The Morgan fingerprint density at radius 1 is 1.19 bits per heavy atom. The number of aryl methyl sites for hydroxylation is 2. The molecule has 0 fully saturated rings. The second kappa shape index (κ2) is 4.86. The Balaban J connectivity index is 2.45. The smallest absolute Gasteiger partial charge is 0.218 e. The largest absolute Gasteiger partial charge is 0.252 e. The fourth-order valence-corrected chi connectivity index (χ4v) is 1.62. The van der Waals surface area contributed by atoms with Crippen molar-refractivity contribution in [3.8, 4) is 5.95 Å². The van der Waals surface area contributed by atoms with E-state index in [0.29, 0.717) is 5.95 Å². The van der Waals surface area contributed by atoms with Crippen molar-refractivity contribution in [2.75, 3.05) is 0 Å². The summed E-state index contributed by atoms with van der Waals surface area (Å²) < 4.78 is 2.73. The summed E-state index contributed by atoms with van der Waals surface area (Å²) in [5.74, 6) is 2.32. The lowest BCUT2D eigenvalue weighted by Gasteiger charge is -2.01. The molecule has 2 aromatic rings. The van der Waals surface area contributed by atoms with Gasteiger partial charge in [-0.3, -0.25) is 0 Å². The Labute approximate surface area is 107 Å². The number of hydrogen-bond acceptors (Lipinski definition) is 4. The predicted octanol–water partition coefficient (Wildman–Crippen LogP) is 1.79. The Morgan fingerprint density at radius 2 is 1.88 bits per heavy atom. The van der Waals surface area contributed by atoms with Crippen LogP contribution in [0.3, 0.4) is 0 Å². The van der Waals surface area contributed by atoms with Crippen LogP contribution in [0.15, 0.2) is 12.4 Å². The van der Waals surface area contributed by atoms with Gasteiger partial charge in [0.1, 0.15) is 5.82 Å². The molecule has 0 atom stereocenters. The number of hydrogen-bond donors (Lipinski definition) is 0. The van der Waals surface area contributed by atoms with E-state index in [9.17, 15) is 0 Å². The van der Waals surface area contributed by atoms with Gasteiger partial charge >= 0.3 is 0 Å². The van der Waals surface area contributed by atoms with Crippen molar-refractivity contribution in [2.45, 2.75) is 26.7 Å². The SMILES string of the molecule is CCc1nc(CC)n(-c2ncc(I)cn2)n1. The Morgan fingerprint density at radius 3 is 2.44 bits per heavy atom. The van der Waals surface area contributed by atoms with Crippen LogP contribution < -0.4 is 0 Å². The lowest BCUT2D eigenvalue weighted by Crippen LogP contribution is -2.06. The minimum absolute atomic E-state index is 0.587. The molecule has 0 saturated carbocycles. The number of aromatic nitrogens is 5. The molecule has 0 bridgehead atoms. The first kappa shape index (κ1) is 11.4. The first-order chi connectivity index (χ1) is 7.74. The first-order valence-electron chi connectivity index (χ1n) is 5.17. The Kier molecular flexibility index (Phi) is 3.47. The van der Waals surface area contributed by atoms with Crippen LogP contribution in [0, 0.1) is 3.57 Å². The molecule has 5 nitrogen and oxygen atoms in total. The zero-order valence-corrected chi connectivity index (χ0v) is 11.3. The normalized spacial score (nSPS) is 10.7. The number of rotatable bonds is 3. The van der Waals surface area contributed by atoms with Gasteiger partial charge in [-0.2, -0.15) is 4.68 Å². The van der Waals surface area contributed by atoms with Crippen molar-refractivity contribution in [1.82, 2.24) is 24.7 Å². The summed E-state index contributed by atoms with van der Waals surface area (Å²) in [6.45, 7) is 4.08. The van der Waals surface area contributed by atoms with Crippen molar-refractivity contribution < 1.29 is 0 Å². The minimum Gasteiger partial charge on any atom is -0.218 e. The van der Waals surface area contributed by atoms with Crippen LogP contribution in [0.1, 0.15) is 25.5 Å². The summed E-state index contributed by atoms with van der Waals surface area (Å²) in [5, 5.41) is 4.38. The Bertz CT molecular complexity index is 476. The van der Waals surface area contributed by atoms with Gasteiger partial charge in [0.2, 0.25) is 0 Å². The molecule has 0 unspecified atom stereocenters. The average Bonchev–Trinajstić information content (AvgIpc) is 2.73. The molecule has 0 aromatic carbocycles. The summed E-state index contributed by atoms with van der Waals surface area (Å²) >= 11 is 2.18. The summed E-state index contributed by atoms with van der Waals surface area (Å²) in [6, 6.07) is 0. The average molecular weight is 329 g/mol. The van der Waals surface area contributed by atoms with E-state index in [1.54, 1.807) is 17.1 Å². The van der Waals surface area contributed by atoms with E-state index in [1.165, 1.54) is 0 Å². The maximum atomic E-state index is 4.42. The molecule has 0 spiro atoms. The monoisotopic (exact) mass is 329 g/mol. The lowest BCUT2D eigenvalue weighted by atomic mass is 10.4. The van der Waals surface area contributed by atoms with Gasteiger partial charge in [-0.1, -0.05) is 13.8 Å². The van der Waals surface area contributed by atoms with Crippen LogP contribution in [0.2, 0.25) is 0 Å². The molecule has 2 heterocycles. The Hall–Kier alpha value is -1.05. The fourth-order valence-electron chi connectivity index (χ4n) is 1.35. The summed E-state index contributed by atoms with van der Waals surface area (Å²) in [5.41, 5.74) is 0. The van der Waals surface area contributed by atoms with Crippen molar-refractivity contribution in [2.24, 2.45) is 0 Å². The van der Waals surface area contributed by atoms with Crippen LogP contribution >= 0.6 is 22.6 Å². The maximum absolute atomic E-state index is 4.42. The van der Waals surface area contributed by atoms with E-state index in [-0.39, 0.29) is 0 Å². The van der Waals surface area contributed by atoms with E-state index in [2.05, 4.69) is 42.6 Å². The highest BCUT2D eigenvalue weighted by atomic mass is 127. The lowest BCUT2D eigenvalue weighted by molar-refractivity contribution is 0.742. The predicted molar refractivity (Wildman–Crippen MR) is 68.4 cm³/mol. The van der Waals surface area contributed by atoms with Gasteiger partial charge in [0.25, 0.3) is 5.95 Å². The topological polar surface area (TPSA) is 56.5 Å². The van der Waals surface area contributed by atoms with Crippen LogP contribution in [0.25, 0.3) is 5.95 Å². The zero-order chi connectivity index (χ0) is 11.5. The molecule has 0 aliphatic carbocycles. The first-order valence-corrected chi connectivity index (χ1v) is 6.25. The van der Waals surface area contributed by atoms with Gasteiger partial charge < -0.3 is 0 Å². The van der Waals surface area contributed by atoms with Crippen LogP contribution in [-0.2, 0) is 12.8 Å². The van der Waals surface area contributed by atoms with Crippen LogP contribution in [0.5, 0.6) is 0 Å². The van der Waals surface area contributed by atoms with Crippen molar-refractivity contribution in [1.29, 1.82) is 0 Å². The highest BCUT2D eigenvalue weighted by Crippen LogP contribution is 2.07. The van der Waals surface area contributed by atoms with Gasteiger partial charge in [0.05, 0.1) is 0 Å². The highest BCUT2D eigenvalue weighted by Gasteiger charge is 2.10. The van der Waals surface area contributed by atoms with E-state index < -0.39 is 0 Å². The third-order valence-corrected chi connectivity index (χ3v) is 2.70. The molecular formula is C10H12IN5. The maximum Gasteiger partial charge on any atom is 0.252 e. The molecule has 0 radical (unpaired) electrons. The zero-order valence-electron chi connectivity index (χ0n) is 9.18. The van der Waals surface area contributed by atoms with Crippen molar-refractivity contribution >= 4 is 22.6 Å². The number of halogens is 1. The van der Waals surface area contributed by atoms with Crippen LogP contribution in [0.4, 0.5) is 0 Å². The molecule has 0 aliphatic heterocycles. The molecule has 0 N–H and O–H groups in total. The third kappa shape index (κ3) is 2.21. The molecular weight excluding hydrogens is 317 g/mol. The van der Waals surface area contributed by atoms with E-state index in [4.69, 9.17) is 0 Å². The quantitative estimate of drug-likeness (QED) is 0.806. The fraction of sp³-hybridized carbons (Fsp3) is 0.400. The van der Waals surface area contributed by atoms with Gasteiger partial charge in [0, 0.05) is 28.8 Å². The van der Waals surface area contributed by atoms with Crippen molar-refractivity contribution in [3.05, 3.63) is 27.6 Å². The second-order valence-electron chi connectivity index (χ2n) is 3.26. The highest BCUT2D eigenvalue weighted by molar-refractivity contribution is 14.1. The van der Waals surface area contributed by atoms with E-state index >= 15 is 0 Å². The molecule has 0 aliphatic rings.